The van der Waals surface area contributed by atoms with E-state index in [1.165, 1.54) is 18.7 Å². The summed E-state index contributed by atoms with van der Waals surface area (Å²) >= 11 is 13.4. The number of hydrogen-bond donors (Lipinski definition) is 1. The predicted octanol–water partition coefficient (Wildman–Crippen LogP) is 4.21. The van der Waals surface area contributed by atoms with E-state index in [9.17, 15) is 9.59 Å². The van der Waals surface area contributed by atoms with Crippen molar-refractivity contribution in [2.45, 2.75) is 25.0 Å². The molecular formula is C18H16Cl2N4O2S. The summed E-state index contributed by atoms with van der Waals surface area (Å²) in [6, 6.07) is 8.67. The topological polar surface area (TPSA) is 76.4 Å². The number of benzene rings is 1. The highest BCUT2D eigenvalue weighted by atomic mass is 35.5. The van der Waals surface area contributed by atoms with E-state index in [-0.39, 0.29) is 23.5 Å². The van der Waals surface area contributed by atoms with Crippen LogP contribution in [0.25, 0.3) is 5.65 Å². The molecule has 1 amide bonds. The number of Topliss-reactive ketones (excluding diaryl/α,β-unsaturated/α-hetero) is 1. The van der Waals surface area contributed by atoms with E-state index in [1.807, 2.05) is 19.1 Å². The average Bonchev–Trinajstić information content (AvgIpc) is 3.02. The highest BCUT2D eigenvalue weighted by Gasteiger charge is 2.14. The molecule has 3 rings (SSSR count). The zero-order valence-electron chi connectivity index (χ0n) is 14.6. The first-order valence-electron chi connectivity index (χ1n) is 8.08. The lowest BCUT2D eigenvalue weighted by atomic mass is 10.0. The molecule has 1 N–H and O–H groups in total. The van der Waals surface area contributed by atoms with Gasteiger partial charge in [-0.15, -0.1) is 10.2 Å². The van der Waals surface area contributed by atoms with Crippen molar-refractivity contribution in [3.05, 3.63) is 57.7 Å². The third-order valence-electron chi connectivity index (χ3n) is 3.88. The van der Waals surface area contributed by atoms with Crippen LogP contribution in [-0.2, 0) is 4.79 Å². The first kappa shape index (κ1) is 19.7. The summed E-state index contributed by atoms with van der Waals surface area (Å²) in [5, 5.41) is 12.3. The summed E-state index contributed by atoms with van der Waals surface area (Å²) in [4.78, 5) is 23.6. The van der Waals surface area contributed by atoms with Crippen LogP contribution < -0.4 is 5.32 Å². The van der Waals surface area contributed by atoms with Crippen molar-refractivity contribution in [3.63, 3.8) is 0 Å². The number of thioether (sulfide) groups is 1. The predicted molar refractivity (Wildman–Crippen MR) is 107 cm³/mol. The van der Waals surface area contributed by atoms with Crippen LogP contribution in [0, 0.1) is 0 Å². The smallest absolute Gasteiger partial charge is 0.217 e. The van der Waals surface area contributed by atoms with Crippen LogP contribution in [0.5, 0.6) is 0 Å². The van der Waals surface area contributed by atoms with Crippen molar-refractivity contribution in [1.82, 2.24) is 19.9 Å². The quantitative estimate of drug-likeness (QED) is 0.475. The highest BCUT2D eigenvalue weighted by Crippen LogP contribution is 2.25. The van der Waals surface area contributed by atoms with Gasteiger partial charge in [-0.05, 0) is 18.6 Å². The minimum atomic E-state index is -0.113. The van der Waals surface area contributed by atoms with Crippen LogP contribution in [0.15, 0.2) is 41.7 Å². The number of hydrogen-bond acceptors (Lipinski definition) is 5. The number of fused-ring (bicyclic) bond motifs is 1. The van der Waals surface area contributed by atoms with Crippen LogP contribution in [-0.4, -0.2) is 32.0 Å². The van der Waals surface area contributed by atoms with Gasteiger partial charge < -0.3 is 5.32 Å². The molecule has 1 atom stereocenters. The first-order chi connectivity index (χ1) is 12.8. The number of rotatable bonds is 6. The molecule has 0 fully saturated rings. The third kappa shape index (κ3) is 4.61. The van der Waals surface area contributed by atoms with Gasteiger partial charge in [-0.3, -0.25) is 14.0 Å². The van der Waals surface area contributed by atoms with Gasteiger partial charge in [0.05, 0.1) is 21.8 Å². The van der Waals surface area contributed by atoms with Gasteiger partial charge in [-0.1, -0.05) is 59.2 Å². The number of pyridine rings is 1. The molecule has 1 unspecified atom stereocenters. The molecule has 2 heterocycles. The SMILES string of the molecule is CC(=O)NC(C)c1ccc(C(=O)CSc2nnc3c(Cl)cc(Cl)cn23)cc1. The Morgan fingerprint density at radius 1 is 1.22 bits per heavy atom. The number of nitrogens with zero attached hydrogens (tertiary/aromatic N) is 3. The van der Waals surface area contributed by atoms with Crippen molar-refractivity contribution in [2.24, 2.45) is 0 Å². The third-order valence-corrected chi connectivity index (χ3v) is 5.31. The molecule has 1 aromatic carbocycles. The molecule has 140 valence electrons. The Morgan fingerprint density at radius 3 is 2.59 bits per heavy atom. The van der Waals surface area contributed by atoms with Gasteiger partial charge in [0.15, 0.2) is 16.6 Å². The van der Waals surface area contributed by atoms with Crippen molar-refractivity contribution in [2.75, 3.05) is 5.75 Å². The number of carbonyl (C=O) groups excluding carboxylic acids is 2. The van der Waals surface area contributed by atoms with E-state index in [4.69, 9.17) is 23.2 Å². The Bertz CT molecular complexity index is 1000. The van der Waals surface area contributed by atoms with E-state index < -0.39 is 0 Å². The second kappa shape index (κ2) is 8.29. The zero-order valence-corrected chi connectivity index (χ0v) is 16.9. The molecule has 0 saturated heterocycles. The van der Waals surface area contributed by atoms with Crippen LogP contribution in [0.4, 0.5) is 0 Å². The van der Waals surface area contributed by atoms with Crippen molar-refractivity contribution in [1.29, 1.82) is 0 Å². The van der Waals surface area contributed by atoms with E-state index in [1.54, 1.807) is 28.8 Å². The van der Waals surface area contributed by atoms with Crippen LogP contribution in [0.1, 0.15) is 35.8 Å². The molecule has 0 aliphatic carbocycles. The van der Waals surface area contributed by atoms with Gasteiger partial charge in [0.2, 0.25) is 5.91 Å². The molecule has 0 aliphatic rings. The molecule has 0 radical (unpaired) electrons. The molecule has 0 bridgehead atoms. The number of aromatic nitrogens is 3. The van der Waals surface area contributed by atoms with E-state index in [0.29, 0.717) is 26.4 Å². The molecule has 0 saturated carbocycles. The van der Waals surface area contributed by atoms with Crippen molar-refractivity contribution < 1.29 is 9.59 Å². The Hall–Kier alpha value is -2.09. The second-order valence-electron chi connectivity index (χ2n) is 5.94. The first-order valence-corrected chi connectivity index (χ1v) is 9.82. The van der Waals surface area contributed by atoms with Gasteiger partial charge in [0, 0.05) is 18.7 Å². The van der Waals surface area contributed by atoms with Gasteiger partial charge in [0.1, 0.15) is 0 Å². The molecule has 2 aromatic heterocycles. The van der Waals surface area contributed by atoms with Crippen LogP contribution in [0.2, 0.25) is 10.0 Å². The maximum Gasteiger partial charge on any atom is 0.217 e. The number of amides is 1. The normalized spacial score (nSPS) is 12.1. The summed E-state index contributed by atoms with van der Waals surface area (Å²) in [5.74, 6) is 0.0642. The van der Waals surface area contributed by atoms with Crippen LogP contribution >= 0.6 is 35.0 Å². The largest absolute Gasteiger partial charge is 0.350 e. The molecular weight excluding hydrogens is 407 g/mol. The number of nitrogens with one attached hydrogen (secondary N) is 1. The average molecular weight is 423 g/mol. The zero-order chi connectivity index (χ0) is 19.6. The molecule has 27 heavy (non-hydrogen) atoms. The fraction of sp³-hybridized carbons (Fsp3) is 0.222. The van der Waals surface area contributed by atoms with Crippen LogP contribution in [0.3, 0.4) is 0 Å². The minimum Gasteiger partial charge on any atom is -0.350 e. The monoisotopic (exact) mass is 422 g/mol. The van der Waals surface area contributed by atoms with Crippen molar-refractivity contribution in [3.8, 4) is 0 Å². The lowest BCUT2D eigenvalue weighted by molar-refractivity contribution is -0.119. The standard InChI is InChI=1S/C18H16Cl2N4O2S/c1-10(21-11(2)25)12-3-5-13(6-4-12)16(26)9-27-18-23-22-17-15(20)7-14(19)8-24(17)18/h3-8,10H,9H2,1-2H3,(H,21,25). The maximum absolute atomic E-state index is 12.5. The Morgan fingerprint density at radius 2 is 1.93 bits per heavy atom. The van der Waals surface area contributed by atoms with Gasteiger partial charge >= 0.3 is 0 Å². The lowest BCUT2D eigenvalue weighted by Crippen LogP contribution is -2.23. The summed E-state index contributed by atoms with van der Waals surface area (Å²) in [6.45, 7) is 3.36. The van der Waals surface area contributed by atoms with Crippen molar-refractivity contribution >= 4 is 52.3 Å². The second-order valence-corrected chi connectivity index (χ2v) is 7.72. The fourth-order valence-electron chi connectivity index (χ4n) is 2.56. The fourth-order valence-corrected chi connectivity index (χ4v) is 3.87. The van der Waals surface area contributed by atoms with Gasteiger partial charge in [-0.2, -0.15) is 0 Å². The maximum atomic E-state index is 12.5. The van der Waals surface area contributed by atoms with Gasteiger partial charge in [0.25, 0.3) is 0 Å². The number of halogens is 2. The Balaban J connectivity index is 1.68. The summed E-state index contributed by atoms with van der Waals surface area (Å²) in [5.41, 5.74) is 2.01. The molecule has 3 aromatic rings. The summed E-state index contributed by atoms with van der Waals surface area (Å²) in [7, 11) is 0. The van der Waals surface area contributed by atoms with E-state index >= 15 is 0 Å². The van der Waals surface area contributed by atoms with E-state index in [2.05, 4.69) is 15.5 Å². The van der Waals surface area contributed by atoms with E-state index in [0.717, 1.165) is 5.56 Å². The highest BCUT2D eigenvalue weighted by molar-refractivity contribution is 7.99. The Labute approximate surface area is 170 Å². The minimum absolute atomic E-state index is 0.0383. The van der Waals surface area contributed by atoms with Gasteiger partial charge in [-0.25, -0.2) is 0 Å². The summed E-state index contributed by atoms with van der Waals surface area (Å²) in [6.07, 6.45) is 1.66. The molecule has 0 spiro atoms. The Kier molecular flexibility index (Phi) is 6.04. The lowest BCUT2D eigenvalue weighted by Gasteiger charge is -2.13. The number of ketones is 1. The molecule has 0 aliphatic heterocycles. The number of carbonyl (C=O) groups is 2. The molecule has 6 nitrogen and oxygen atoms in total. The molecule has 9 heteroatoms. The summed E-state index contributed by atoms with van der Waals surface area (Å²) < 4.78 is 1.67.